The number of β-lactam (4-membered cyclic amide) rings is 1. The fourth-order valence-electron chi connectivity index (χ4n) is 6.07. The van der Waals surface area contributed by atoms with E-state index in [1.807, 2.05) is 6.92 Å². The summed E-state index contributed by atoms with van der Waals surface area (Å²) in [6.07, 6.45) is -1.67. The molecule has 4 aliphatic heterocycles. The molecule has 17 heteroatoms. The SMILES string of the molecule is C[C@@H](NC(=O)Cn1nnnc1C(F)F)[C@H]1C(=O)N2C(C(=O)O)=C(S[C@@H]3CN[C@H](C(=O)N4CC[C@@H](N)C4)C3)[C@H](C)[C@H]12. The smallest absolute Gasteiger partial charge is 0.353 e. The number of nitrogens with two attached hydrogens (primary N) is 1. The molecular formula is C23H31F2N9O5S. The summed E-state index contributed by atoms with van der Waals surface area (Å²) in [7, 11) is 0. The number of alkyl halides is 2. The third kappa shape index (κ3) is 5.05. The van der Waals surface area contributed by atoms with Gasteiger partial charge in [0.2, 0.25) is 23.5 Å². The Morgan fingerprint density at radius 2 is 2.08 bits per heavy atom. The van der Waals surface area contributed by atoms with Gasteiger partial charge in [-0.3, -0.25) is 14.4 Å². The van der Waals surface area contributed by atoms with Crippen molar-refractivity contribution in [3.8, 4) is 0 Å². The van der Waals surface area contributed by atoms with Crippen LogP contribution in [0.2, 0.25) is 0 Å². The summed E-state index contributed by atoms with van der Waals surface area (Å²) in [5, 5.41) is 25.6. The van der Waals surface area contributed by atoms with Crippen LogP contribution < -0.4 is 16.4 Å². The molecule has 0 aliphatic carbocycles. The van der Waals surface area contributed by atoms with Crippen LogP contribution in [-0.2, 0) is 25.7 Å². The molecule has 0 spiro atoms. The number of amides is 3. The highest BCUT2D eigenvalue weighted by molar-refractivity contribution is 8.03. The fraction of sp³-hybridized carbons (Fsp3) is 0.696. The average molecular weight is 584 g/mol. The molecule has 3 saturated heterocycles. The van der Waals surface area contributed by atoms with Crippen LogP contribution >= 0.6 is 11.8 Å². The summed E-state index contributed by atoms with van der Waals surface area (Å²) >= 11 is 1.37. The van der Waals surface area contributed by atoms with Crippen molar-refractivity contribution < 1.29 is 33.1 Å². The zero-order valence-electron chi connectivity index (χ0n) is 21.9. The van der Waals surface area contributed by atoms with Gasteiger partial charge in [0.25, 0.3) is 6.43 Å². The number of carbonyl (C=O) groups excluding carboxylic acids is 3. The molecular weight excluding hydrogens is 552 g/mol. The number of nitrogens with zero attached hydrogens (tertiary/aromatic N) is 6. The summed E-state index contributed by atoms with van der Waals surface area (Å²) in [6.45, 7) is 4.56. The molecule has 3 amide bonds. The van der Waals surface area contributed by atoms with Crippen molar-refractivity contribution in [3.63, 3.8) is 0 Å². The standard InChI is InChI=1S/C23H31F2N9O5S/c1-9-16-15(10(2)28-14(35)8-33-20(19(24)25)29-30-31-33)22(37)34(16)17(23(38)39)18(9)40-12-5-13(27-6-12)21(36)32-4-3-11(26)7-32/h9-13,15-16,19,27H,3-8,26H2,1-2H3,(H,28,35)(H,38,39)/t9-,10-,11-,12+,13+,15-,16-/m1/s1. The van der Waals surface area contributed by atoms with E-state index in [0.29, 0.717) is 35.6 Å². The van der Waals surface area contributed by atoms with Gasteiger partial charge < -0.3 is 31.3 Å². The lowest BCUT2D eigenvalue weighted by Gasteiger charge is -2.47. The van der Waals surface area contributed by atoms with Gasteiger partial charge in [0.05, 0.1) is 18.0 Å². The second-order valence-electron chi connectivity index (χ2n) is 10.7. The van der Waals surface area contributed by atoms with Crippen molar-refractivity contribution in [1.82, 2.24) is 40.6 Å². The van der Waals surface area contributed by atoms with E-state index in [1.165, 1.54) is 16.7 Å². The topological polar surface area (TPSA) is 189 Å². The number of hydrogen-bond donors (Lipinski definition) is 4. The van der Waals surface area contributed by atoms with Crippen molar-refractivity contribution in [2.24, 2.45) is 17.6 Å². The lowest BCUT2D eigenvalue weighted by molar-refractivity contribution is -0.158. The molecule has 40 heavy (non-hydrogen) atoms. The summed E-state index contributed by atoms with van der Waals surface area (Å²) in [5.74, 6) is -4.09. The number of likely N-dealkylation sites (tertiary alicyclic amines) is 1. The van der Waals surface area contributed by atoms with E-state index >= 15 is 0 Å². The highest BCUT2D eigenvalue weighted by Gasteiger charge is 2.60. The van der Waals surface area contributed by atoms with Crippen molar-refractivity contribution in [3.05, 3.63) is 16.4 Å². The average Bonchev–Trinajstić information content (AvgIpc) is 3.67. The number of rotatable bonds is 9. The Balaban J connectivity index is 1.23. The number of halogens is 2. The van der Waals surface area contributed by atoms with E-state index in [1.54, 1.807) is 11.8 Å². The Morgan fingerprint density at radius 3 is 2.73 bits per heavy atom. The van der Waals surface area contributed by atoms with Crippen molar-refractivity contribution >= 4 is 35.5 Å². The Labute approximate surface area is 232 Å². The molecule has 1 aromatic rings. The number of carbonyl (C=O) groups is 4. The summed E-state index contributed by atoms with van der Waals surface area (Å²) in [6, 6.07) is -1.58. The number of carboxylic acid groups (broad SMARTS) is 1. The van der Waals surface area contributed by atoms with Crippen LogP contribution in [0.4, 0.5) is 8.78 Å². The maximum absolute atomic E-state index is 13.1. The number of fused-ring (bicyclic) bond motifs is 1. The number of aliphatic carboxylic acids is 1. The summed E-state index contributed by atoms with van der Waals surface area (Å²) < 4.78 is 26.7. The first-order chi connectivity index (χ1) is 19.0. The maximum Gasteiger partial charge on any atom is 0.353 e. The highest BCUT2D eigenvalue weighted by Crippen LogP contribution is 2.51. The molecule has 0 unspecified atom stereocenters. The Hall–Kier alpha value is -3.18. The van der Waals surface area contributed by atoms with Gasteiger partial charge in [-0.25, -0.2) is 18.3 Å². The van der Waals surface area contributed by atoms with E-state index in [2.05, 4.69) is 26.2 Å². The first-order valence-electron chi connectivity index (χ1n) is 13.1. The molecule has 0 bridgehead atoms. The highest BCUT2D eigenvalue weighted by atomic mass is 32.2. The lowest BCUT2D eigenvalue weighted by Crippen LogP contribution is -2.66. The maximum atomic E-state index is 13.1. The van der Waals surface area contributed by atoms with Crippen LogP contribution in [0.25, 0.3) is 0 Å². The molecule has 0 saturated carbocycles. The van der Waals surface area contributed by atoms with E-state index in [0.717, 1.165) is 6.42 Å². The second-order valence-corrected chi connectivity index (χ2v) is 12.0. The van der Waals surface area contributed by atoms with Crippen LogP contribution in [0.5, 0.6) is 0 Å². The summed E-state index contributed by atoms with van der Waals surface area (Å²) in [5.41, 5.74) is 5.86. The van der Waals surface area contributed by atoms with Gasteiger partial charge in [-0.1, -0.05) is 6.92 Å². The molecule has 0 aromatic carbocycles. The number of hydrogen-bond acceptors (Lipinski definition) is 10. The number of nitrogens with one attached hydrogen (secondary N) is 2. The van der Waals surface area contributed by atoms with Crippen LogP contribution in [-0.4, -0.2) is 108 Å². The molecule has 3 fully saturated rings. The van der Waals surface area contributed by atoms with Crippen LogP contribution in [0, 0.1) is 11.8 Å². The van der Waals surface area contributed by atoms with Crippen LogP contribution in [0.15, 0.2) is 10.6 Å². The summed E-state index contributed by atoms with van der Waals surface area (Å²) in [4.78, 5) is 54.4. The molecule has 5 rings (SSSR count). The number of aromatic nitrogens is 4. The minimum Gasteiger partial charge on any atom is -0.477 e. The van der Waals surface area contributed by atoms with Gasteiger partial charge in [0.1, 0.15) is 12.2 Å². The third-order valence-corrected chi connectivity index (χ3v) is 9.50. The van der Waals surface area contributed by atoms with Crippen molar-refractivity contribution in [2.45, 2.75) is 69.1 Å². The molecule has 5 heterocycles. The molecule has 0 radical (unpaired) electrons. The fourth-order valence-corrected chi connectivity index (χ4v) is 7.55. The Kier molecular flexibility index (Phi) is 7.80. The Morgan fingerprint density at radius 1 is 1.32 bits per heavy atom. The van der Waals surface area contributed by atoms with Gasteiger partial charge in [-0.15, -0.1) is 16.9 Å². The lowest BCUT2D eigenvalue weighted by atomic mass is 9.78. The third-order valence-electron chi connectivity index (χ3n) is 7.99. The molecule has 218 valence electrons. The van der Waals surface area contributed by atoms with E-state index in [4.69, 9.17) is 5.73 Å². The number of tetrazole rings is 1. The number of carboxylic acids is 1. The van der Waals surface area contributed by atoms with Gasteiger partial charge in [-0.2, -0.15) is 0 Å². The van der Waals surface area contributed by atoms with Crippen LogP contribution in [0.3, 0.4) is 0 Å². The first kappa shape index (κ1) is 28.4. The van der Waals surface area contributed by atoms with E-state index in [9.17, 15) is 33.1 Å². The quantitative estimate of drug-likeness (QED) is 0.259. The first-order valence-corrected chi connectivity index (χ1v) is 13.9. The van der Waals surface area contributed by atoms with Gasteiger partial charge >= 0.3 is 5.97 Å². The molecule has 5 N–H and O–H groups in total. The van der Waals surface area contributed by atoms with Crippen molar-refractivity contribution in [1.29, 1.82) is 0 Å². The zero-order valence-corrected chi connectivity index (χ0v) is 22.7. The molecule has 7 atom stereocenters. The monoisotopic (exact) mass is 583 g/mol. The van der Waals surface area contributed by atoms with E-state index in [-0.39, 0.29) is 34.9 Å². The molecule has 1 aromatic heterocycles. The second kappa shape index (κ2) is 11.0. The Bertz CT molecular complexity index is 1240. The molecule has 4 aliphatic rings. The van der Waals surface area contributed by atoms with E-state index < -0.39 is 54.6 Å². The predicted octanol–water partition coefficient (Wildman–Crippen LogP) is -1.09. The van der Waals surface area contributed by atoms with Crippen LogP contribution in [0.1, 0.15) is 38.9 Å². The number of thioether (sulfide) groups is 1. The normalized spacial score (nSPS) is 30.6. The van der Waals surface area contributed by atoms with Gasteiger partial charge in [-0.05, 0) is 30.2 Å². The largest absolute Gasteiger partial charge is 0.477 e. The van der Waals surface area contributed by atoms with Gasteiger partial charge in [0.15, 0.2) is 0 Å². The van der Waals surface area contributed by atoms with Gasteiger partial charge in [0, 0.05) is 47.8 Å². The molecule has 14 nitrogen and oxygen atoms in total. The predicted molar refractivity (Wildman–Crippen MR) is 135 cm³/mol. The zero-order chi connectivity index (χ0) is 28.9. The van der Waals surface area contributed by atoms with Crippen molar-refractivity contribution in [2.75, 3.05) is 19.6 Å². The minimum atomic E-state index is -2.96. The minimum absolute atomic E-state index is 0.00562.